The van der Waals surface area contributed by atoms with Crippen molar-refractivity contribution in [3.63, 3.8) is 0 Å². The summed E-state index contributed by atoms with van der Waals surface area (Å²) in [7, 11) is 1.33. The quantitative estimate of drug-likeness (QED) is 0.849. The van der Waals surface area contributed by atoms with Gasteiger partial charge in [0, 0.05) is 12.2 Å². The van der Waals surface area contributed by atoms with E-state index in [1.807, 2.05) is 32.0 Å². The van der Waals surface area contributed by atoms with Gasteiger partial charge in [0.1, 0.15) is 5.76 Å². The second-order valence-corrected chi connectivity index (χ2v) is 4.56. The van der Waals surface area contributed by atoms with Crippen LogP contribution in [0.4, 0.5) is 0 Å². The summed E-state index contributed by atoms with van der Waals surface area (Å²) in [6.07, 6.45) is 1.76. The van der Waals surface area contributed by atoms with E-state index in [1.54, 1.807) is 18.3 Å². The molecular formula is C15H18N2O3. The number of aromatic nitrogens is 1. The molecule has 0 fully saturated rings. The van der Waals surface area contributed by atoms with Gasteiger partial charge in [-0.05, 0) is 38.1 Å². The Morgan fingerprint density at radius 1 is 1.25 bits per heavy atom. The molecule has 2 aromatic heterocycles. The number of hydrogen-bond acceptors (Lipinski definition) is 5. The molecular weight excluding hydrogens is 256 g/mol. The summed E-state index contributed by atoms with van der Waals surface area (Å²) in [4.78, 5) is 15.7. The van der Waals surface area contributed by atoms with Crippen molar-refractivity contribution in [2.45, 2.75) is 25.9 Å². The number of furan rings is 1. The van der Waals surface area contributed by atoms with Crippen molar-refractivity contribution in [1.82, 2.24) is 10.3 Å². The van der Waals surface area contributed by atoms with Gasteiger partial charge in [0.25, 0.3) is 0 Å². The monoisotopic (exact) mass is 274 g/mol. The second kappa shape index (κ2) is 6.34. The molecule has 0 aliphatic heterocycles. The van der Waals surface area contributed by atoms with E-state index in [1.165, 1.54) is 7.11 Å². The van der Waals surface area contributed by atoms with E-state index in [4.69, 9.17) is 4.42 Å². The minimum absolute atomic E-state index is 0.0367. The van der Waals surface area contributed by atoms with Crippen molar-refractivity contribution in [3.8, 4) is 0 Å². The molecule has 0 aliphatic rings. The van der Waals surface area contributed by atoms with E-state index in [9.17, 15) is 4.79 Å². The molecule has 5 heteroatoms. The van der Waals surface area contributed by atoms with E-state index < -0.39 is 5.97 Å². The molecule has 20 heavy (non-hydrogen) atoms. The molecule has 0 aromatic carbocycles. The van der Waals surface area contributed by atoms with Crippen LogP contribution in [0.3, 0.4) is 0 Å². The van der Waals surface area contributed by atoms with Crippen molar-refractivity contribution in [3.05, 3.63) is 53.7 Å². The van der Waals surface area contributed by atoms with Crippen molar-refractivity contribution in [2.24, 2.45) is 0 Å². The zero-order valence-electron chi connectivity index (χ0n) is 11.8. The fraction of sp³-hybridized carbons (Fsp3) is 0.333. The highest BCUT2D eigenvalue weighted by atomic mass is 16.5. The lowest BCUT2D eigenvalue weighted by molar-refractivity contribution is 0.0562. The molecule has 1 unspecified atom stereocenters. The van der Waals surface area contributed by atoms with Gasteiger partial charge in [0.05, 0.1) is 18.8 Å². The largest absolute Gasteiger partial charge is 0.463 e. The second-order valence-electron chi connectivity index (χ2n) is 4.56. The maximum atomic E-state index is 11.3. The Morgan fingerprint density at radius 2 is 2.05 bits per heavy atom. The van der Waals surface area contributed by atoms with Gasteiger partial charge in [-0.1, -0.05) is 6.07 Å². The summed E-state index contributed by atoms with van der Waals surface area (Å²) in [5, 5.41) is 3.37. The minimum atomic E-state index is -0.471. The summed E-state index contributed by atoms with van der Waals surface area (Å²) in [6.45, 7) is 4.00. The Kier molecular flexibility index (Phi) is 4.53. The van der Waals surface area contributed by atoms with Crippen LogP contribution < -0.4 is 5.32 Å². The zero-order valence-corrected chi connectivity index (χ0v) is 11.8. The third-order valence-electron chi connectivity index (χ3n) is 3.07. The van der Waals surface area contributed by atoms with Gasteiger partial charge in [-0.2, -0.15) is 0 Å². The van der Waals surface area contributed by atoms with Crippen LogP contribution in [0, 0.1) is 0 Å². The highest BCUT2D eigenvalue weighted by molar-refractivity contribution is 5.86. The van der Waals surface area contributed by atoms with Crippen LogP contribution >= 0.6 is 0 Å². The molecule has 0 bridgehead atoms. The molecule has 0 radical (unpaired) electrons. The summed E-state index contributed by atoms with van der Waals surface area (Å²) >= 11 is 0. The Balaban J connectivity index is 2.03. The molecule has 5 nitrogen and oxygen atoms in total. The first-order chi connectivity index (χ1) is 9.61. The molecule has 2 heterocycles. The normalized spacial score (nSPS) is 13.8. The third-order valence-corrected chi connectivity index (χ3v) is 3.07. The SMILES string of the molecule is COC(=O)c1ccc(C(C)N[C@H](C)c2ccccn2)o1. The number of nitrogens with one attached hydrogen (secondary N) is 1. The van der Waals surface area contributed by atoms with Gasteiger partial charge in [0.15, 0.2) is 0 Å². The number of hydrogen-bond donors (Lipinski definition) is 1. The summed E-state index contributed by atoms with van der Waals surface area (Å²) in [5.41, 5.74) is 0.957. The van der Waals surface area contributed by atoms with Gasteiger partial charge in [-0.3, -0.25) is 10.3 Å². The molecule has 106 valence electrons. The fourth-order valence-electron chi connectivity index (χ4n) is 1.97. The fourth-order valence-corrected chi connectivity index (χ4v) is 1.97. The van der Waals surface area contributed by atoms with Gasteiger partial charge in [0.2, 0.25) is 5.76 Å². The van der Waals surface area contributed by atoms with Crippen LogP contribution in [0.25, 0.3) is 0 Å². The minimum Gasteiger partial charge on any atom is -0.463 e. The molecule has 0 spiro atoms. The Bertz CT molecular complexity index is 566. The molecule has 2 aromatic rings. The lowest BCUT2D eigenvalue weighted by atomic mass is 10.1. The Morgan fingerprint density at radius 3 is 2.70 bits per heavy atom. The molecule has 0 aliphatic carbocycles. The van der Waals surface area contributed by atoms with Gasteiger partial charge in [-0.25, -0.2) is 4.79 Å². The summed E-state index contributed by atoms with van der Waals surface area (Å²) in [6, 6.07) is 9.23. The average Bonchev–Trinajstić information content (AvgIpc) is 2.97. The van der Waals surface area contributed by atoms with Gasteiger partial charge < -0.3 is 9.15 Å². The van der Waals surface area contributed by atoms with E-state index in [0.717, 1.165) is 5.69 Å². The maximum absolute atomic E-state index is 11.3. The standard InChI is InChI=1S/C15H18N2O3/c1-10(12-6-4-5-9-16-12)17-11(2)13-7-8-14(20-13)15(18)19-3/h4-11,17H,1-3H3/t10-,11?/m1/s1. The number of pyridine rings is 1. The van der Waals surface area contributed by atoms with Crippen LogP contribution in [0.2, 0.25) is 0 Å². The van der Waals surface area contributed by atoms with Crippen molar-refractivity contribution >= 4 is 5.97 Å². The molecule has 2 atom stereocenters. The molecule has 0 saturated heterocycles. The predicted molar refractivity (Wildman–Crippen MR) is 74.3 cm³/mol. The topological polar surface area (TPSA) is 64.4 Å². The molecule has 1 N–H and O–H groups in total. The highest BCUT2D eigenvalue weighted by Gasteiger charge is 2.17. The first-order valence-electron chi connectivity index (χ1n) is 6.47. The van der Waals surface area contributed by atoms with Crippen molar-refractivity contribution in [1.29, 1.82) is 0 Å². The van der Waals surface area contributed by atoms with E-state index in [-0.39, 0.29) is 17.8 Å². The molecule has 0 amide bonds. The molecule has 2 rings (SSSR count). The summed E-state index contributed by atoms with van der Waals surface area (Å²) in [5.74, 6) is 0.427. The number of rotatable bonds is 5. The van der Waals surface area contributed by atoms with Crippen LogP contribution in [0.15, 0.2) is 40.9 Å². The number of methoxy groups -OCH3 is 1. The van der Waals surface area contributed by atoms with E-state index in [2.05, 4.69) is 15.0 Å². The third kappa shape index (κ3) is 3.24. The van der Waals surface area contributed by atoms with Crippen LogP contribution in [0.1, 0.15) is 47.9 Å². The highest BCUT2D eigenvalue weighted by Crippen LogP contribution is 2.20. The smallest absolute Gasteiger partial charge is 0.373 e. The summed E-state index contributed by atoms with van der Waals surface area (Å²) < 4.78 is 10.1. The maximum Gasteiger partial charge on any atom is 0.373 e. The van der Waals surface area contributed by atoms with Gasteiger partial charge >= 0.3 is 5.97 Å². The number of esters is 1. The van der Waals surface area contributed by atoms with Gasteiger partial charge in [-0.15, -0.1) is 0 Å². The van der Waals surface area contributed by atoms with E-state index in [0.29, 0.717) is 5.76 Å². The zero-order chi connectivity index (χ0) is 14.5. The lowest BCUT2D eigenvalue weighted by Crippen LogP contribution is -2.22. The number of ether oxygens (including phenoxy) is 1. The Hall–Kier alpha value is -2.14. The van der Waals surface area contributed by atoms with Crippen LogP contribution in [0.5, 0.6) is 0 Å². The van der Waals surface area contributed by atoms with Crippen LogP contribution in [-0.2, 0) is 4.74 Å². The van der Waals surface area contributed by atoms with Crippen molar-refractivity contribution in [2.75, 3.05) is 7.11 Å². The Labute approximate surface area is 118 Å². The molecule has 0 saturated carbocycles. The first-order valence-corrected chi connectivity index (χ1v) is 6.47. The number of nitrogens with zero attached hydrogens (tertiary/aromatic N) is 1. The average molecular weight is 274 g/mol. The van der Waals surface area contributed by atoms with Crippen molar-refractivity contribution < 1.29 is 13.9 Å². The number of carbonyl (C=O) groups is 1. The predicted octanol–water partition coefficient (Wildman–Crippen LogP) is 2.87. The van der Waals surface area contributed by atoms with Crippen LogP contribution in [-0.4, -0.2) is 18.1 Å². The number of carbonyl (C=O) groups excluding carboxylic acids is 1. The lowest BCUT2D eigenvalue weighted by Gasteiger charge is -2.17. The first kappa shape index (κ1) is 14.3. The van der Waals surface area contributed by atoms with E-state index >= 15 is 0 Å².